The van der Waals surface area contributed by atoms with Crippen molar-refractivity contribution in [1.82, 2.24) is 0 Å². The van der Waals surface area contributed by atoms with Crippen LogP contribution in [-0.4, -0.2) is 13.5 Å². The molecule has 0 aliphatic rings. The van der Waals surface area contributed by atoms with E-state index in [2.05, 4.69) is 0 Å². The summed E-state index contributed by atoms with van der Waals surface area (Å²) >= 11 is 11.6. The monoisotopic (exact) mass is 328 g/mol. The van der Waals surface area contributed by atoms with E-state index in [1.165, 1.54) is 30.3 Å². The first-order valence-corrected chi connectivity index (χ1v) is 7.86. The van der Waals surface area contributed by atoms with Crippen LogP contribution in [0.15, 0.2) is 58.8 Å². The van der Waals surface area contributed by atoms with E-state index in [0.717, 1.165) is 5.41 Å². The van der Waals surface area contributed by atoms with Crippen LogP contribution < -0.4 is 0 Å². The van der Waals surface area contributed by atoms with Crippen LogP contribution >= 0.6 is 23.2 Å². The van der Waals surface area contributed by atoms with Gasteiger partial charge in [-0.15, -0.1) is 0 Å². The molecule has 0 atom stereocenters. The Labute approximate surface area is 127 Å². The molecule has 2 aromatic carbocycles. The van der Waals surface area contributed by atoms with Crippen LogP contribution in [0.3, 0.4) is 0 Å². The van der Waals surface area contributed by atoms with Gasteiger partial charge < -0.3 is 5.11 Å². The number of aliphatic hydroxyl groups is 1. The summed E-state index contributed by atoms with van der Waals surface area (Å²) in [6, 6.07) is 12.1. The van der Waals surface area contributed by atoms with Gasteiger partial charge in [0.25, 0.3) is 0 Å². The Balaban J connectivity index is 2.43. The average molecular weight is 329 g/mol. The Morgan fingerprint density at radius 1 is 1.00 bits per heavy atom. The predicted octanol–water partition coefficient (Wildman–Crippen LogP) is 4.32. The molecule has 6 heteroatoms. The topological polar surface area (TPSA) is 54.4 Å². The Bertz CT molecular complexity index is 750. The summed E-state index contributed by atoms with van der Waals surface area (Å²) in [5.74, 6) is -0.412. The molecule has 2 aromatic rings. The van der Waals surface area contributed by atoms with E-state index in [4.69, 9.17) is 23.2 Å². The van der Waals surface area contributed by atoms with Crippen molar-refractivity contribution in [3.63, 3.8) is 0 Å². The molecule has 1 N–H and O–H groups in total. The van der Waals surface area contributed by atoms with E-state index in [9.17, 15) is 13.5 Å². The van der Waals surface area contributed by atoms with Crippen molar-refractivity contribution < 1.29 is 13.5 Å². The van der Waals surface area contributed by atoms with Crippen LogP contribution in [0.5, 0.6) is 0 Å². The largest absolute Gasteiger partial charge is 0.507 e. The second-order valence-electron chi connectivity index (χ2n) is 3.98. The van der Waals surface area contributed by atoms with Crippen molar-refractivity contribution >= 4 is 38.8 Å². The lowest BCUT2D eigenvalue weighted by atomic mass is 10.2. The van der Waals surface area contributed by atoms with Crippen LogP contribution in [0, 0.1) is 0 Å². The number of hydrogen-bond acceptors (Lipinski definition) is 3. The van der Waals surface area contributed by atoms with Gasteiger partial charge in [-0.25, -0.2) is 8.42 Å². The van der Waals surface area contributed by atoms with E-state index >= 15 is 0 Å². The fraction of sp³-hybridized carbons (Fsp3) is 0. The summed E-state index contributed by atoms with van der Waals surface area (Å²) in [6.07, 6.45) is 0. The van der Waals surface area contributed by atoms with Crippen LogP contribution in [0.2, 0.25) is 10.0 Å². The molecule has 0 saturated heterocycles. The van der Waals surface area contributed by atoms with Gasteiger partial charge >= 0.3 is 0 Å². The van der Waals surface area contributed by atoms with Crippen LogP contribution in [0.1, 0.15) is 5.56 Å². The molecule has 104 valence electrons. The minimum absolute atomic E-state index is 0.0421. The van der Waals surface area contributed by atoms with E-state index in [0.29, 0.717) is 5.02 Å². The lowest BCUT2D eigenvalue weighted by Crippen LogP contribution is -1.98. The standard InChI is InChI=1S/C14H10Cl2O3S/c15-10-5-7-11(8-6-10)20(18,19)9-14(17)12-3-1-2-4-13(12)16/h1-9,17H/b14-9-. The first-order valence-electron chi connectivity index (χ1n) is 5.56. The molecule has 0 aliphatic carbocycles. The highest BCUT2D eigenvalue weighted by atomic mass is 35.5. The van der Waals surface area contributed by atoms with E-state index in [1.54, 1.807) is 18.2 Å². The van der Waals surface area contributed by atoms with Crippen molar-refractivity contribution in [3.8, 4) is 0 Å². The molecule has 0 saturated carbocycles. The van der Waals surface area contributed by atoms with Gasteiger partial charge in [0.1, 0.15) is 5.76 Å². The Morgan fingerprint density at radius 2 is 1.60 bits per heavy atom. The Morgan fingerprint density at radius 3 is 2.20 bits per heavy atom. The molecule has 0 aromatic heterocycles. The highest BCUT2D eigenvalue weighted by Crippen LogP contribution is 2.24. The summed E-state index contributed by atoms with van der Waals surface area (Å²) in [7, 11) is -3.77. The van der Waals surface area contributed by atoms with Gasteiger partial charge in [0.2, 0.25) is 9.84 Å². The molecule has 0 radical (unpaired) electrons. The second kappa shape index (κ2) is 5.87. The average Bonchev–Trinajstić information content (AvgIpc) is 2.39. The van der Waals surface area contributed by atoms with Gasteiger partial charge in [0.05, 0.1) is 15.3 Å². The van der Waals surface area contributed by atoms with Gasteiger partial charge in [0.15, 0.2) is 0 Å². The third kappa shape index (κ3) is 3.33. The second-order valence-corrected chi connectivity index (χ2v) is 6.62. The fourth-order valence-electron chi connectivity index (χ4n) is 1.57. The fourth-order valence-corrected chi connectivity index (χ4v) is 3.00. The predicted molar refractivity (Wildman–Crippen MR) is 80.7 cm³/mol. The maximum absolute atomic E-state index is 12.1. The molecule has 0 heterocycles. The number of benzene rings is 2. The molecule has 0 unspecified atom stereocenters. The quantitative estimate of drug-likeness (QED) is 0.853. The van der Waals surface area contributed by atoms with Crippen molar-refractivity contribution in [2.24, 2.45) is 0 Å². The van der Waals surface area contributed by atoms with Crippen molar-refractivity contribution in [2.75, 3.05) is 0 Å². The Kier molecular flexibility index (Phi) is 4.38. The number of halogens is 2. The first-order chi connectivity index (χ1) is 9.40. The number of aliphatic hydroxyl groups excluding tert-OH is 1. The third-order valence-electron chi connectivity index (χ3n) is 2.56. The van der Waals surface area contributed by atoms with E-state index < -0.39 is 15.6 Å². The minimum Gasteiger partial charge on any atom is -0.507 e. The molecular weight excluding hydrogens is 319 g/mol. The van der Waals surface area contributed by atoms with Crippen molar-refractivity contribution in [1.29, 1.82) is 0 Å². The molecule has 3 nitrogen and oxygen atoms in total. The van der Waals surface area contributed by atoms with E-state index in [-0.39, 0.29) is 15.5 Å². The molecular formula is C14H10Cl2O3S. The summed E-state index contributed by atoms with van der Waals surface area (Å²) < 4.78 is 24.2. The minimum atomic E-state index is -3.77. The zero-order chi connectivity index (χ0) is 14.8. The lowest BCUT2D eigenvalue weighted by Gasteiger charge is -2.04. The van der Waals surface area contributed by atoms with Gasteiger partial charge in [-0.2, -0.15) is 0 Å². The maximum atomic E-state index is 12.1. The summed E-state index contributed by atoms with van der Waals surface area (Å²) in [4.78, 5) is 0.0421. The van der Waals surface area contributed by atoms with Crippen LogP contribution in [0.4, 0.5) is 0 Å². The number of rotatable bonds is 3. The molecule has 0 fully saturated rings. The van der Waals surface area contributed by atoms with E-state index in [1.807, 2.05) is 0 Å². The smallest absolute Gasteiger partial charge is 0.203 e. The van der Waals surface area contributed by atoms with Gasteiger partial charge in [-0.05, 0) is 36.4 Å². The van der Waals surface area contributed by atoms with Crippen molar-refractivity contribution in [2.45, 2.75) is 4.90 Å². The van der Waals surface area contributed by atoms with Gasteiger partial charge in [-0.1, -0.05) is 35.3 Å². The molecule has 20 heavy (non-hydrogen) atoms. The first kappa shape index (κ1) is 14.9. The van der Waals surface area contributed by atoms with Crippen molar-refractivity contribution in [3.05, 3.63) is 69.5 Å². The zero-order valence-corrected chi connectivity index (χ0v) is 12.5. The zero-order valence-electron chi connectivity index (χ0n) is 10.1. The summed E-state index contributed by atoms with van der Waals surface area (Å²) in [6.45, 7) is 0. The SMILES string of the molecule is O=S(=O)(/C=C(\O)c1ccccc1Cl)c1ccc(Cl)cc1. The Hall–Kier alpha value is -1.49. The van der Waals surface area contributed by atoms with Gasteiger partial charge in [0, 0.05) is 10.6 Å². The molecule has 0 aliphatic heterocycles. The molecule has 0 spiro atoms. The normalized spacial score (nSPS) is 12.4. The lowest BCUT2D eigenvalue weighted by molar-refractivity contribution is 0.512. The summed E-state index contributed by atoms with van der Waals surface area (Å²) in [5, 5.41) is 11.4. The summed E-state index contributed by atoms with van der Waals surface area (Å²) in [5.41, 5.74) is 0.256. The number of hydrogen-bond donors (Lipinski definition) is 1. The van der Waals surface area contributed by atoms with Crippen LogP contribution in [-0.2, 0) is 9.84 Å². The molecule has 2 rings (SSSR count). The van der Waals surface area contributed by atoms with Gasteiger partial charge in [-0.3, -0.25) is 0 Å². The molecule has 0 bridgehead atoms. The van der Waals surface area contributed by atoms with Crippen LogP contribution in [0.25, 0.3) is 5.76 Å². The highest BCUT2D eigenvalue weighted by molar-refractivity contribution is 7.94. The number of sulfone groups is 1. The highest BCUT2D eigenvalue weighted by Gasteiger charge is 2.14. The molecule has 0 amide bonds. The maximum Gasteiger partial charge on any atom is 0.203 e. The third-order valence-corrected chi connectivity index (χ3v) is 4.60.